The van der Waals surface area contributed by atoms with Crippen LogP contribution in [0.1, 0.15) is 42.7 Å². The lowest BCUT2D eigenvalue weighted by Gasteiger charge is -2.24. The first-order chi connectivity index (χ1) is 9.86. The Kier molecular flexibility index (Phi) is 3.86. The summed E-state index contributed by atoms with van der Waals surface area (Å²) >= 11 is 0. The topological polar surface area (TPSA) is 42.2 Å². The Bertz CT molecular complexity index is 582. The van der Waals surface area contributed by atoms with Crippen molar-refractivity contribution in [3.63, 3.8) is 0 Å². The van der Waals surface area contributed by atoms with Crippen LogP contribution in [0.2, 0.25) is 0 Å². The molecule has 1 heterocycles. The van der Waals surface area contributed by atoms with E-state index in [-0.39, 0.29) is 0 Å². The molecule has 1 saturated carbocycles. The summed E-state index contributed by atoms with van der Waals surface area (Å²) in [4.78, 5) is 10.7. The monoisotopic (exact) mass is 269 g/mol. The lowest BCUT2D eigenvalue weighted by atomic mass is 9.95. The van der Waals surface area contributed by atoms with Gasteiger partial charge < -0.3 is 9.73 Å². The second-order valence-electron chi connectivity index (χ2n) is 5.34. The van der Waals surface area contributed by atoms with Crippen LogP contribution in [0.15, 0.2) is 40.8 Å². The van der Waals surface area contributed by atoms with Gasteiger partial charge in [0.05, 0.1) is 0 Å². The highest BCUT2D eigenvalue weighted by atomic mass is 16.3. The molecule has 1 N–H and O–H groups in total. The third-order valence-electron chi connectivity index (χ3n) is 3.90. The molecule has 3 rings (SSSR count). The molecule has 0 saturated heterocycles. The van der Waals surface area contributed by atoms with Crippen LogP contribution >= 0.6 is 0 Å². The normalized spacial score (nSPS) is 16.0. The van der Waals surface area contributed by atoms with Gasteiger partial charge in [0.2, 0.25) is 0 Å². The first kappa shape index (κ1) is 13.0. The Morgan fingerprint density at radius 1 is 1.05 bits per heavy atom. The molecule has 1 aromatic carbocycles. The largest absolute Gasteiger partial charge is 0.453 e. The minimum atomic E-state index is 0.368. The molecule has 1 aromatic heterocycles. The Hall–Kier alpha value is -2.03. The number of aldehydes is 1. The van der Waals surface area contributed by atoms with Crippen molar-refractivity contribution in [1.82, 2.24) is 0 Å². The molecule has 0 amide bonds. The molecule has 1 aliphatic carbocycles. The van der Waals surface area contributed by atoms with Crippen molar-refractivity contribution in [2.45, 2.75) is 38.1 Å². The van der Waals surface area contributed by atoms with Gasteiger partial charge in [-0.05, 0) is 37.1 Å². The number of carbonyl (C=O) groups is 1. The maximum absolute atomic E-state index is 10.7. The fourth-order valence-corrected chi connectivity index (χ4v) is 2.85. The van der Waals surface area contributed by atoms with Crippen LogP contribution < -0.4 is 5.32 Å². The molecule has 104 valence electrons. The van der Waals surface area contributed by atoms with E-state index in [1.807, 2.05) is 24.3 Å². The fraction of sp³-hybridized carbons (Fsp3) is 0.353. The second-order valence-corrected chi connectivity index (χ2v) is 5.34. The molecule has 1 aliphatic rings. The van der Waals surface area contributed by atoms with Gasteiger partial charge in [-0.15, -0.1) is 0 Å². The van der Waals surface area contributed by atoms with Crippen LogP contribution in [0.25, 0.3) is 11.3 Å². The van der Waals surface area contributed by atoms with E-state index in [0.717, 1.165) is 23.3 Å². The van der Waals surface area contributed by atoms with Crippen molar-refractivity contribution < 1.29 is 9.21 Å². The average molecular weight is 269 g/mol. The highest BCUT2D eigenvalue weighted by Gasteiger charge is 2.15. The molecule has 2 aromatic rings. The van der Waals surface area contributed by atoms with Crippen LogP contribution in [0.5, 0.6) is 0 Å². The molecular formula is C17H19NO2. The van der Waals surface area contributed by atoms with E-state index in [1.54, 1.807) is 6.07 Å². The van der Waals surface area contributed by atoms with E-state index < -0.39 is 0 Å². The Morgan fingerprint density at radius 3 is 2.60 bits per heavy atom. The number of carbonyl (C=O) groups excluding carboxylic acids is 1. The van der Waals surface area contributed by atoms with Crippen molar-refractivity contribution >= 4 is 12.0 Å². The van der Waals surface area contributed by atoms with E-state index in [9.17, 15) is 4.79 Å². The highest BCUT2D eigenvalue weighted by Crippen LogP contribution is 2.31. The Morgan fingerprint density at radius 2 is 1.85 bits per heavy atom. The predicted octanol–water partition coefficient (Wildman–Crippen LogP) is 4.50. The Balaban J connectivity index is 1.85. The zero-order valence-corrected chi connectivity index (χ0v) is 11.5. The quantitative estimate of drug-likeness (QED) is 0.831. The summed E-state index contributed by atoms with van der Waals surface area (Å²) in [5.74, 6) is 1.11. The first-order valence-electron chi connectivity index (χ1n) is 7.28. The summed E-state index contributed by atoms with van der Waals surface area (Å²) in [5.41, 5.74) is 2.11. The third-order valence-corrected chi connectivity index (χ3v) is 3.90. The Labute approximate surface area is 119 Å². The minimum Gasteiger partial charge on any atom is -0.453 e. The number of hydrogen-bond donors (Lipinski definition) is 1. The van der Waals surface area contributed by atoms with Gasteiger partial charge in [-0.25, -0.2) is 0 Å². The number of furan rings is 1. The van der Waals surface area contributed by atoms with Crippen molar-refractivity contribution in [3.05, 3.63) is 42.2 Å². The van der Waals surface area contributed by atoms with Gasteiger partial charge >= 0.3 is 0 Å². The van der Waals surface area contributed by atoms with Crippen LogP contribution in [0.3, 0.4) is 0 Å². The summed E-state index contributed by atoms with van der Waals surface area (Å²) in [6.45, 7) is 0. The van der Waals surface area contributed by atoms with E-state index in [2.05, 4.69) is 11.4 Å². The predicted molar refractivity (Wildman–Crippen MR) is 80.0 cm³/mol. The third kappa shape index (κ3) is 2.77. The summed E-state index contributed by atoms with van der Waals surface area (Å²) in [6.07, 6.45) is 7.14. The lowest BCUT2D eigenvalue weighted by molar-refractivity contribution is 0.110. The summed E-state index contributed by atoms with van der Waals surface area (Å²) in [7, 11) is 0. The molecule has 1 fully saturated rings. The van der Waals surface area contributed by atoms with Gasteiger partial charge in [0.1, 0.15) is 5.76 Å². The molecule has 0 atom stereocenters. The van der Waals surface area contributed by atoms with Gasteiger partial charge in [0.25, 0.3) is 0 Å². The number of hydrogen-bond acceptors (Lipinski definition) is 3. The number of benzene rings is 1. The molecule has 0 unspecified atom stereocenters. The zero-order valence-electron chi connectivity index (χ0n) is 11.5. The molecule has 0 radical (unpaired) electrons. The van der Waals surface area contributed by atoms with Crippen LogP contribution in [-0.4, -0.2) is 12.3 Å². The van der Waals surface area contributed by atoms with Crippen molar-refractivity contribution in [1.29, 1.82) is 0 Å². The van der Waals surface area contributed by atoms with E-state index in [0.29, 0.717) is 11.8 Å². The second kappa shape index (κ2) is 5.95. The molecule has 0 aliphatic heterocycles. The van der Waals surface area contributed by atoms with Gasteiger partial charge in [0.15, 0.2) is 12.0 Å². The smallest absolute Gasteiger partial charge is 0.185 e. The van der Waals surface area contributed by atoms with Crippen molar-refractivity contribution in [2.24, 2.45) is 0 Å². The summed E-state index contributed by atoms with van der Waals surface area (Å²) in [5, 5.41) is 3.63. The maximum atomic E-state index is 10.7. The maximum Gasteiger partial charge on any atom is 0.185 e. The number of rotatable bonds is 4. The molecule has 0 spiro atoms. The van der Waals surface area contributed by atoms with Gasteiger partial charge in [-0.2, -0.15) is 0 Å². The van der Waals surface area contributed by atoms with Crippen LogP contribution in [0.4, 0.5) is 5.69 Å². The summed E-state index contributed by atoms with van der Waals surface area (Å²) in [6, 6.07) is 12.2. The first-order valence-corrected chi connectivity index (χ1v) is 7.28. The van der Waals surface area contributed by atoms with Gasteiger partial charge in [-0.1, -0.05) is 31.4 Å². The SMILES string of the molecule is O=Cc1ccc(-c2ccccc2NC2CCCCC2)o1. The van der Waals surface area contributed by atoms with Crippen LogP contribution in [0, 0.1) is 0 Å². The molecule has 0 bridgehead atoms. The van der Waals surface area contributed by atoms with Crippen molar-refractivity contribution in [2.75, 3.05) is 5.32 Å². The highest BCUT2D eigenvalue weighted by molar-refractivity contribution is 5.78. The number of anilines is 1. The fourth-order valence-electron chi connectivity index (χ4n) is 2.85. The summed E-state index contributed by atoms with van der Waals surface area (Å²) < 4.78 is 5.54. The molecule has 20 heavy (non-hydrogen) atoms. The molecule has 3 nitrogen and oxygen atoms in total. The molecule has 3 heteroatoms. The molecular weight excluding hydrogens is 250 g/mol. The van der Waals surface area contributed by atoms with Crippen LogP contribution in [-0.2, 0) is 0 Å². The van der Waals surface area contributed by atoms with E-state index in [4.69, 9.17) is 4.42 Å². The number of nitrogens with one attached hydrogen (secondary N) is 1. The van der Waals surface area contributed by atoms with E-state index in [1.165, 1.54) is 32.1 Å². The van der Waals surface area contributed by atoms with Gasteiger partial charge in [0, 0.05) is 17.3 Å². The van der Waals surface area contributed by atoms with Gasteiger partial charge in [-0.3, -0.25) is 4.79 Å². The number of para-hydroxylation sites is 1. The van der Waals surface area contributed by atoms with Crippen molar-refractivity contribution in [3.8, 4) is 11.3 Å². The standard InChI is InChI=1S/C17H19NO2/c19-12-14-10-11-17(20-14)15-8-4-5-9-16(15)18-13-6-2-1-3-7-13/h4-5,8-13,18H,1-3,6-7H2. The lowest BCUT2D eigenvalue weighted by Crippen LogP contribution is -2.22. The average Bonchev–Trinajstić information content (AvgIpc) is 2.98. The minimum absolute atomic E-state index is 0.368. The zero-order chi connectivity index (χ0) is 13.8. The van der Waals surface area contributed by atoms with E-state index >= 15 is 0 Å².